The van der Waals surface area contributed by atoms with Gasteiger partial charge in [-0.25, -0.2) is 0 Å². The van der Waals surface area contributed by atoms with Gasteiger partial charge >= 0.3 is 0 Å². The van der Waals surface area contributed by atoms with E-state index in [0.717, 1.165) is 52.3 Å². The lowest BCUT2D eigenvalue weighted by Crippen LogP contribution is -2.04. The highest BCUT2D eigenvalue weighted by Crippen LogP contribution is 1.89. The molecule has 0 aliphatic heterocycles. The van der Waals surface area contributed by atoms with Gasteiger partial charge in [0.05, 0.1) is 0 Å². The van der Waals surface area contributed by atoms with Crippen LogP contribution < -0.4 is 0 Å². The van der Waals surface area contributed by atoms with E-state index in [0.29, 0.717) is 0 Å². The molecule has 0 aromatic carbocycles. The molecule has 0 N–H and O–H groups in total. The maximum Gasteiger partial charge on any atom is 0.0488 e. The van der Waals surface area contributed by atoms with Crippen LogP contribution in [0.5, 0.6) is 0 Å². The van der Waals surface area contributed by atoms with Crippen molar-refractivity contribution in [1.29, 1.82) is 0 Å². The molecule has 0 unspecified atom stereocenters. The molecule has 0 aliphatic rings. The molecule has 80 valence electrons. The van der Waals surface area contributed by atoms with Crippen molar-refractivity contribution in [1.82, 2.24) is 0 Å². The normalized spacial score (nSPS) is 10.6. The van der Waals surface area contributed by atoms with Gasteiger partial charge in [0.2, 0.25) is 0 Å². The van der Waals surface area contributed by atoms with Crippen LogP contribution in [0.4, 0.5) is 0 Å². The third kappa shape index (κ3) is 11.9. The van der Waals surface area contributed by atoms with E-state index >= 15 is 0 Å². The van der Waals surface area contributed by atoms with Crippen LogP contribution in [0.2, 0.25) is 0 Å². The van der Waals surface area contributed by atoms with E-state index in [1.165, 1.54) is 0 Å². The second-order valence-corrected chi connectivity index (χ2v) is 2.92. The summed E-state index contributed by atoms with van der Waals surface area (Å²) in [6.45, 7) is 6.17. The molecule has 0 rings (SSSR count). The smallest absolute Gasteiger partial charge is 0.0488 e. The van der Waals surface area contributed by atoms with E-state index in [1.54, 1.807) is 7.11 Å². The Labute approximate surface area is 81.4 Å². The first-order valence-corrected chi connectivity index (χ1v) is 5.06. The molecule has 0 aromatic rings. The summed E-state index contributed by atoms with van der Waals surface area (Å²) >= 11 is 0. The third-order valence-corrected chi connectivity index (χ3v) is 1.56. The minimum atomic E-state index is 0.784. The van der Waals surface area contributed by atoms with Crippen LogP contribution in [0, 0.1) is 0 Å². The van der Waals surface area contributed by atoms with E-state index in [4.69, 9.17) is 14.2 Å². The molecule has 0 aromatic heterocycles. The molecular formula is C10H22O3. The standard InChI is InChI=1S/C10H22O3/c1-3-6-12-9-5-10-13-8-4-7-11-2/h3-10H2,1-2H3. The molecule has 0 heterocycles. The molecule has 0 spiro atoms. The molecule has 0 radical (unpaired) electrons. The highest BCUT2D eigenvalue weighted by molar-refractivity contribution is 4.37. The molecule has 0 atom stereocenters. The van der Waals surface area contributed by atoms with Crippen molar-refractivity contribution in [2.24, 2.45) is 0 Å². The van der Waals surface area contributed by atoms with E-state index in [1.807, 2.05) is 0 Å². The lowest BCUT2D eigenvalue weighted by molar-refractivity contribution is 0.0718. The van der Waals surface area contributed by atoms with Crippen molar-refractivity contribution in [3.63, 3.8) is 0 Å². The van der Waals surface area contributed by atoms with Gasteiger partial charge in [-0.2, -0.15) is 0 Å². The summed E-state index contributed by atoms with van der Waals surface area (Å²) in [5.41, 5.74) is 0. The van der Waals surface area contributed by atoms with Crippen molar-refractivity contribution in [3.05, 3.63) is 0 Å². The van der Waals surface area contributed by atoms with Crippen LogP contribution in [-0.2, 0) is 14.2 Å². The molecule has 0 amide bonds. The lowest BCUT2D eigenvalue weighted by atomic mass is 10.4. The molecule has 13 heavy (non-hydrogen) atoms. The summed E-state index contributed by atoms with van der Waals surface area (Å²) in [4.78, 5) is 0. The van der Waals surface area contributed by atoms with Gasteiger partial charge in [0.1, 0.15) is 0 Å². The van der Waals surface area contributed by atoms with Crippen LogP contribution in [0.3, 0.4) is 0 Å². The average Bonchev–Trinajstić information content (AvgIpc) is 2.16. The van der Waals surface area contributed by atoms with Gasteiger partial charge in [-0.05, 0) is 19.3 Å². The Kier molecular flexibility index (Phi) is 11.8. The fourth-order valence-corrected chi connectivity index (χ4v) is 0.917. The van der Waals surface area contributed by atoms with Gasteiger partial charge < -0.3 is 14.2 Å². The van der Waals surface area contributed by atoms with Crippen molar-refractivity contribution in [2.75, 3.05) is 40.1 Å². The fourth-order valence-electron chi connectivity index (χ4n) is 0.917. The zero-order chi connectivity index (χ0) is 9.78. The van der Waals surface area contributed by atoms with Gasteiger partial charge in [-0.15, -0.1) is 0 Å². The topological polar surface area (TPSA) is 27.7 Å². The average molecular weight is 190 g/mol. The van der Waals surface area contributed by atoms with Gasteiger partial charge in [-0.1, -0.05) is 6.92 Å². The van der Waals surface area contributed by atoms with Gasteiger partial charge in [0.15, 0.2) is 0 Å². The second kappa shape index (κ2) is 11.9. The SMILES string of the molecule is CCCOCCCOCCCOC. The lowest BCUT2D eigenvalue weighted by Gasteiger charge is -2.04. The Bertz CT molecular complexity index is 76.2. The molecule has 0 saturated carbocycles. The molecule has 3 heteroatoms. The number of hydrogen-bond acceptors (Lipinski definition) is 3. The van der Waals surface area contributed by atoms with Crippen molar-refractivity contribution in [2.45, 2.75) is 26.2 Å². The summed E-state index contributed by atoms with van der Waals surface area (Å²) < 4.78 is 15.6. The number of hydrogen-bond donors (Lipinski definition) is 0. The van der Waals surface area contributed by atoms with Crippen molar-refractivity contribution in [3.8, 4) is 0 Å². The van der Waals surface area contributed by atoms with E-state index in [9.17, 15) is 0 Å². The highest BCUT2D eigenvalue weighted by Gasteiger charge is 1.90. The van der Waals surface area contributed by atoms with Crippen LogP contribution in [-0.4, -0.2) is 40.1 Å². The largest absolute Gasteiger partial charge is 0.385 e. The maximum atomic E-state index is 5.36. The quantitative estimate of drug-likeness (QED) is 0.492. The fraction of sp³-hybridized carbons (Fsp3) is 1.00. The predicted octanol–water partition coefficient (Wildman–Crippen LogP) is 1.86. The summed E-state index contributed by atoms with van der Waals surface area (Å²) in [5, 5.41) is 0. The Balaban J connectivity index is 2.76. The van der Waals surface area contributed by atoms with Gasteiger partial charge in [0, 0.05) is 40.1 Å². The van der Waals surface area contributed by atoms with Crippen LogP contribution >= 0.6 is 0 Å². The Morgan fingerprint density at radius 3 is 1.85 bits per heavy atom. The first-order valence-electron chi connectivity index (χ1n) is 5.06. The highest BCUT2D eigenvalue weighted by atomic mass is 16.5. The number of ether oxygens (including phenoxy) is 3. The molecule has 0 fully saturated rings. The first-order chi connectivity index (χ1) is 6.41. The Hall–Kier alpha value is -0.120. The van der Waals surface area contributed by atoms with Gasteiger partial charge in [0.25, 0.3) is 0 Å². The van der Waals surface area contributed by atoms with Crippen LogP contribution in [0.1, 0.15) is 26.2 Å². The molecule has 3 nitrogen and oxygen atoms in total. The van der Waals surface area contributed by atoms with Crippen LogP contribution in [0.15, 0.2) is 0 Å². The minimum absolute atomic E-state index is 0.784. The molecule has 0 bridgehead atoms. The zero-order valence-electron chi connectivity index (χ0n) is 8.88. The number of rotatable bonds is 10. The predicted molar refractivity (Wildman–Crippen MR) is 53.0 cm³/mol. The third-order valence-electron chi connectivity index (χ3n) is 1.56. The summed E-state index contributed by atoms with van der Waals surface area (Å²) in [7, 11) is 1.71. The Morgan fingerprint density at radius 2 is 1.31 bits per heavy atom. The maximum absolute atomic E-state index is 5.36. The zero-order valence-corrected chi connectivity index (χ0v) is 8.88. The minimum Gasteiger partial charge on any atom is -0.385 e. The first kappa shape index (κ1) is 12.9. The molecule has 0 aliphatic carbocycles. The van der Waals surface area contributed by atoms with Crippen molar-refractivity contribution < 1.29 is 14.2 Å². The van der Waals surface area contributed by atoms with E-state index < -0.39 is 0 Å². The van der Waals surface area contributed by atoms with Gasteiger partial charge in [-0.3, -0.25) is 0 Å². The van der Waals surface area contributed by atoms with Crippen LogP contribution in [0.25, 0.3) is 0 Å². The number of methoxy groups -OCH3 is 1. The summed E-state index contributed by atoms with van der Waals surface area (Å²) in [6, 6.07) is 0. The molecular weight excluding hydrogens is 168 g/mol. The van der Waals surface area contributed by atoms with Crippen molar-refractivity contribution >= 4 is 0 Å². The second-order valence-electron chi connectivity index (χ2n) is 2.92. The van der Waals surface area contributed by atoms with E-state index in [2.05, 4.69) is 6.92 Å². The molecule has 0 saturated heterocycles. The monoisotopic (exact) mass is 190 g/mol. The Morgan fingerprint density at radius 1 is 0.769 bits per heavy atom. The summed E-state index contributed by atoms with van der Waals surface area (Å²) in [6.07, 6.45) is 3.06. The summed E-state index contributed by atoms with van der Waals surface area (Å²) in [5.74, 6) is 0. The van der Waals surface area contributed by atoms with E-state index in [-0.39, 0.29) is 0 Å².